The van der Waals surface area contributed by atoms with Gasteiger partial charge in [-0.1, -0.05) is 48.5 Å². The summed E-state index contributed by atoms with van der Waals surface area (Å²) in [6.45, 7) is 8.54. The third-order valence-electron chi connectivity index (χ3n) is 5.97. The number of imidazole rings is 2. The molecule has 0 fully saturated rings. The number of para-hydroxylation sites is 1. The molecule has 2 heterocycles. The molecule has 0 atom stereocenters. The molecule has 0 saturated carbocycles. The highest BCUT2D eigenvalue weighted by molar-refractivity contribution is 5.69. The van der Waals surface area contributed by atoms with E-state index in [1.54, 1.807) is 0 Å². The van der Waals surface area contributed by atoms with Crippen molar-refractivity contribution in [2.75, 3.05) is 0 Å². The van der Waals surface area contributed by atoms with Crippen molar-refractivity contribution in [1.29, 1.82) is 0 Å². The number of benzene rings is 3. The van der Waals surface area contributed by atoms with Crippen LogP contribution in [0.1, 0.15) is 22.3 Å². The van der Waals surface area contributed by atoms with Crippen LogP contribution in [-0.4, -0.2) is 19.1 Å². The Bertz CT molecular complexity index is 1400. The first-order valence-corrected chi connectivity index (χ1v) is 10.8. The Morgan fingerprint density at radius 2 is 1.19 bits per heavy atom. The van der Waals surface area contributed by atoms with Crippen LogP contribution in [0.25, 0.3) is 34.2 Å². The molecule has 0 amide bonds. The van der Waals surface area contributed by atoms with Crippen LogP contribution in [0.4, 0.5) is 0 Å². The minimum Gasteiger partial charge on any atom is -0.300 e. The standard InChI is InChI=1S/C28H26N4/c1-19-11-12-20(2)25(17-19)31-15-13-29-27(31)23-9-6-10-24(18-23)28-30-14-16-32(28)26-21(3)7-5-8-22(26)4/h5-18H,1-4H3. The zero-order valence-electron chi connectivity index (χ0n) is 18.9. The molecule has 0 aliphatic rings. The molecular formula is C28H26N4. The van der Waals surface area contributed by atoms with Crippen LogP contribution in [-0.2, 0) is 0 Å². The van der Waals surface area contributed by atoms with Crippen LogP contribution in [0, 0.1) is 27.7 Å². The zero-order chi connectivity index (χ0) is 22.2. The third-order valence-corrected chi connectivity index (χ3v) is 5.97. The molecule has 4 heteroatoms. The van der Waals surface area contributed by atoms with E-state index in [0.717, 1.165) is 28.5 Å². The van der Waals surface area contributed by atoms with Gasteiger partial charge in [-0.05, 0) is 62.1 Å². The van der Waals surface area contributed by atoms with E-state index in [4.69, 9.17) is 9.97 Å². The van der Waals surface area contributed by atoms with E-state index < -0.39 is 0 Å². The first-order chi connectivity index (χ1) is 15.5. The van der Waals surface area contributed by atoms with Crippen molar-refractivity contribution in [2.24, 2.45) is 0 Å². The number of rotatable bonds is 4. The highest BCUT2D eigenvalue weighted by atomic mass is 15.1. The highest BCUT2D eigenvalue weighted by Crippen LogP contribution is 2.30. The summed E-state index contributed by atoms with van der Waals surface area (Å²) in [6, 6.07) is 21.4. The molecule has 0 aliphatic heterocycles. The van der Waals surface area contributed by atoms with Crippen molar-refractivity contribution in [3.05, 3.63) is 108 Å². The van der Waals surface area contributed by atoms with Gasteiger partial charge in [0.25, 0.3) is 0 Å². The summed E-state index contributed by atoms with van der Waals surface area (Å²) in [5.41, 5.74) is 9.36. The molecule has 4 nitrogen and oxygen atoms in total. The van der Waals surface area contributed by atoms with Gasteiger partial charge in [-0.25, -0.2) is 9.97 Å². The number of aryl methyl sites for hydroxylation is 4. The van der Waals surface area contributed by atoms with Gasteiger partial charge in [0.1, 0.15) is 11.6 Å². The van der Waals surface area contributed by atoms with Crippen molar-refractivity contribution < 1.29 is 0 Å². The molecule has 0 saturated heterocycles. The maximum atomic E-state index is 4.71. The fourth-order valence-electron chi connectivity index (χ4n) is 4.37. The quantitative estimate of drug-likeness (QED) is 0.328. The van der Waals surface area contributed by atoms with Crippen LogP contribution in [0.5, 0.6) is 0 Å². The molecule has 0 bridgehead atoms. The Labute approximate surface area is 188 Å². The molecule has 3 aromatic carbocycles. The zero-order valence-corrected chi connectivity index (χ0v) is 18.9. The van der Waals surface area contributed by atoms with Gasteiger partial charge in [-0.15, -0.1) is 0 Å². The van der Waals surface area contributed by atoms with Crippen LogP contribution in [0.3, 0.4) is 0 Å². The van der Waals surface area contributed by atoms with Crippen LogP contribution < -0.4 is 0 Å². The second-order valence-corrected chi connectivity index (χ2v) is 8.35. The SMILES string of the molecule is Cc1ccc(C)c(-n2ccnc2-c2cccc(-c3nccn3-c3c(C)cccc3C)c2)c1. The number of hydrogen-bond donors (Lipinski definition) is 0. The van der Waals surface area contributed by atoms with Gasteiger partial charge in [-0.2, -0.15) is 0 Å². The molecule has 158 valence electrons. The molecule has 0 radical (unpaired) electrons. The lowest BCUT2D eigenvalue weighted by Crippen LogP contribution is -2.02. The second kappa shape index (κ2) is 7.97. The van der Waals surface area contributed by atoms with E-state index in [-0.39, 0.29) is 0 Å². The largest absolute Gasteiger partial charge is 0.300 e. The average Bonchev–Trinajstić information content (AvgIpc) is 3.45. The van der Waals surface area contributed by atoms with E-state index in [1.165, 1.54) is 27.9 Å². The monoisotopic (exact) mass is 418 g/mol. The molecule has 0 spiro atoms. The Morgan fingerprint density at radius 1 is 0.594 bits per heavy atom. The Hall–Kier alpha value is -3.92. The first kappa shape index (κ1) is 20.0. The van der Waals surface area contributed by atoms with Crippen molar-refractivity contribution in [3.8, 4) is 34.2 Å². The number of nitrogens with zero attached hydrogens (tertiary/aromatic N) is 4. The minimum atomic E-state index is 0.922. The van der Waals surface area contributed by atoms with Gasteiger partial charge in [0.15, 0.2) is 0 Å². The van der Waals surface area contributed by atoms with E-state index in [2.05, 4.69) is 97.5 Å². The van der Waals surface area contributed by atoms with Crippen molar-refractivity contribution in [2.45, 2.75) is 27.7 Å². The summed E-state index contributed by atoms with van der Waals surface area (Å²) in [6.07, 6.45) is 7.79. The lowest BCUT2D eigenvalue weighted by molar-refractivity contribution is 1.03. The molecule has 32 heavy (non-hydrogen) atoms. The van der Waals surface area contributed by atoms with Gasteiger partial charge >= 0.3 is 0 Å². The summed E-state index contributed by atoms with van der Waals surface area (Å²) >= 11 is 0. The molecule has 5 rings (SSSR count). The van der Waals surface area contributed by atoms with Crippen LogP contribution in [0.15, 0.2) is 85.5 Å². The van der Waals surface area contributed by atoms with E-state index in [9.17, 15) is 0 Å². The molecular weight excluding hydrogens is 392 g/mol. The lowest BCUT2D eigenvalue weighted by atomic mass is 10.1. The van der Waals surface area contributed by atoms with Crippen molar-refractivity contribution >= 4 is 0 Å². The molecule has 0 unspecified atom stereocenters. The maximum Gasteiger partial charge on any atom is 0.144 e. The summed E-state index contributed by atoms with van der Waals surface area (Å²) < 4.78 is 4.35. The Balaban J connectivity index is 1.62. The van der Waals surface area contributed by atoms with Gasteiger partial charge in [0.2, 0.25) is 0 Å². The summed E-state index contributed by atoms with van der Waals surface area (Å²) in [7, 11) is 0. The van der Waals surface area contributed by atoms with E-state index in [1.807, 2.05) is 24.8 Å². The lowest BCUT2D eigenvalue weighted by Gasteiger charge is -2.15. The normalized spacial score (nSPS) is 11.1. The predicted octanol–water partition coefficient (Wildman–Crippen LogP) is 6.63. The molecule has 0 N–H and O–H groups in total. The highest BCUT2D eigenvalue weighted by Gasteiger charge is 2.15. The van der Waals surface area contributed by atoms with E-state index >= 15 is 0 Å². The van der Waals surface area contributed by atoms with Crippen LogP contribution >= 0.6 is 0 Å². The Morgan fingerprint density at radius 3 is 1.88 bits per heavy atom. The number of aromatic nitrogens is 4. The smallest absolute Gasteiger partial charge is 0.144 e. The minimum absolute atomic E-state index is 0.922. The van der Waals surface area contributed by atoms with Crippen molar-refractivity contribution in [3.63, 3.8) is 0 Å². The van der Waals surface area contributed by atoms with Gasteiger partial charge in [0, 0.05) is 35.9 Å². The maximum absolute atomic E-state index is 4.71. The molecule has 2 aromatic heterocycles. The molecule has 5 aromatic rings. The topological polar surface area (TPSA) is 35.6 Å². The van der Waals surface area contributed by atoms with Gasteiger partial charge in [-0.3, -0.25) is 9.13 Å². The summed E-state index contributed by atoms with van der Waals surface area (Å²) in [5.74, 6) is 1.85. The predicted molar refractivity (Wildman–Crippen MR) is 131 cm³/mol. The fraction of sp³-hybridized carbons (Fsp3) is 0.143. The van der Waals surface area contributed by atoms with Gasteiger partial charge in [0.05, 0.1) is 11.4 Å². The summed E-state index contributed by atoms with van der Waals surface area (Å²) in [5, 5.41) is 0. The second-order valence-electron chi connectivity index (χ2n) is 8.35. The third kappa shape index (κ3) is 3.44. The Kier molecular flexibility index (Phi) is 4.98. The average molecular weight is 419 g/mol. The van der Waals surface area contributed by atoms with Gasteiger partial charge < -0.3 is 0 Å². The number of hydrogen-bond acceptors (Lipinski definition) is 2. The molecule has 0 aliphatic carbocycles. The van der Waals surface area contributed by atoms with Crippen molar-refractivity contribution in [1.82, 2.24) is 19.1 Å². The fourth-order valence-corrected chi connectivity index (χ4v) is 4.37. The van der Waals surface area contributed by atoms with Crippen LogP contribution in [0.2, 0.25) is 0 Å². The van der Waals surface area contributed by atoms with E-state index in [0.29, 0.717) is 0 Å². The summed E-state index contributed by atoms with van der Waals surface area (Å²) in [4.78, 5) is 9.41. The first-order valence-electron chi connectivity index (χ1n) is 10.8.